The number of rotatable bonds is 14. The molecule has 0 N–H and O–H groups in total. The number of aryl methyl sites for hydroxylation is 1. The first-order chi connectivity index (χ1) is 16.6. The van der Waals surface area contributed by atoms with Gasteiger partial charge in [0.15, 0.2) is 0 Å². The highest BCUT2D eigenvalue weighted by atomic mass is 32.2. The Morgan fingerprint density at radius 2 is 1.34 bits per heavy atom. The molecule has 35 heavy (non-hydrogen) atoms. The lowest BCUT2D eigenvalue weighted by atomic mass is 10.2. The molecule has 1 aromatic rings. The van der Waals surface area contributed by atoms with Gasteiger partial charge in [-0.3, -0.25) is 9.08 Å². The second-order valence-electron chi connectivity index (χ2n) is 9.24. The van der Waals surface area contributed by atoms with E-state index in [0.717, 1.165) is 25.2 Å². The summed E-state index contributed by atoms with van der Waals surface area (Å²) in [5.41, 5.74) is 0.503. The number of carbonyl (C=O) groups excluding carboxylic acids is 1. The number of carbonyl (C=O) groups is 1. The van der Waals surface area contributed by atoms with Gasteiger partial charge in [-0.1, -0.05) is 17.7 Å². The van der Waals surface area contributed by atoms with Gasteiger partial charge in [-0.05, 0) is 39.8 Å². The summed E-state index contributed by atoms with van der Waals surface area (Å²) in [5, 5.41) is 0. The Bertz CT molecular complexity index is 847. The molecule has 0 spiro atoms. The van der Waals surface area contributed by atoms with Crippen LogP contribution >= 0.6 is 0 Å². The van der Waals surface area contributed by atoms with Crippen LogP contribution in [-0.2, 0) is 33.2 Å². The number of hydrogen-bond donors (Lipinski definition) is 0. The average Bonchev–Trinajstić information content (AvgIpc) is 2.79. The minimum atomic E-state index is -3.76. The van der Waals surface area contributed by atoms with Crippen molar-refractivity contribution in [1.82, 2.24) is 9.80 Å². The maximum atomic E-state index is 12.1. The maximum Gasteiger partial charge on any atom is 0.410 e. The van der Waals surface area contributed by atoms with Crippen LogP contribution in [0.15, 0.2) is 29.2 Å². The fraction of sp³-hybridized carbons (Fsp3) is 0.708. The normalized spacial score (nSPS) is 15.4. The van der Waals surface area contributed by atoms with Crippen LogP contribution < -0.4 is 0 Å². The Hall–Kier alpha value is -1.76. The topological polar surface area (TPSA) is 104 Å². The molecular formula is C24H40N2O8S. The molecule has 0 aliphatic carbocycles. The van der Waals surface area contributed by atoms with Crippen molar-refractivity contribution in [1.29, 1.82) is 0 Å². The van der Waals surface area contributed by atoms with Crippen molar-refractivity contribution in [3.8, 4) is 0 Å². The third kappa shape index (κ3) is 12.2. The molecule has 0 radical (unpaired) electrons. The lowest BCUT2D eigenvalue weighted by Crippen LogP contribution is -2.50. The van der Waals surface area contributed by atoms with Gasteiger partial charge in [-0.15, -0.1) is 0 Å². The van der Waals surface area contributed by atoms with Gasteiger partial charge in [0.25, 0.3) is 10.1 Å². The number of nitrogens with zero attached hydrogens (tertiary/aromatic N) is 2. The van der Waals surface area contributed by atoms with E-state index in [1.165, 1.54) is 12.1 Å². The monoisotopic (exact) mass is 516 g/mol. The van der Waals surface area contributed by atoms with E-state index >= 15 is 0 Å². The van der Waals surface area contributed by atoms with Crippen LogP contribution in [0.2, 0.25) is 0 Å². The van der Waals surface area contributed by atoms with Gasteiger partial charge in [0.1, 0.15) is 5.60 Å². The van der Waals surface area contributed by atoms with E-state index in [1.54, 1.807) is 17.0 Å². The van der Waals surface area contributed by atoms with Gasteiger partial charge in [0.05, 0.1) is 51.1 Å². The van der Waals surface area contributed by atoms with Gasteiger partial charge in [-0.2, -0.15) is 8.42 Å². The number of benzene rings is 1. The first-order valence-electron chi connectivity index (χ1n) is 12.0. The number of ether oxygens (including phenoxy) is 4. The van der Waals surface area contributed by atoms with E-state index in [9.17, 15) is 13.2 Å². The molecule has 1 saturated heterocycles. The number of hydrogen-bond acceptors (Lipinski definition) is 9. The average molecular weight is 517 g/mol. The summed E-state index contributed by atoms with van der Waals surface area (Å²) in [7, 11) is -3.76. The fourth-order valence-electron chi connectivity index (χ4n) is 3.19. The quantitative estimate of drug-likeness (QED) is 0.272. The molecule has 2 rings (SSSR count). The van der Waals surface area contributed by atoms with E-state index < -0.39 is 15.7 Å². The van der Waals surface area contributed by atoms with Crippen LogP contribution in [0, 0.1) is 6.92 Å². The fourth-order valence-corrected chi connectivity index (χ4v) is 4.08. The Morgan fingerprint density at radius 3 is 1.89 bits per heavy atom. The highest BCUT2D eigenvalue weighted by molar-refractivity contribution is 7.86. The summed E-state index contributed by atoms with van der Waals surface area (Å²) in [4.78, 5) is 16.2. The molecule has 0 bridgehead atoms. The maximum absolute atomic E-state index is 12.1. The van der Waals surface area contributed by atoms with E-state index in [1.807, 2.05) is 27.7 Å². The summed E-state index contributed by atoms with van der Waals surface area (Å²) in [6.07, 6.45) is -0.255. The van der Waals surface area contributed by atoms with Gasteiger partial charge >= 0.3 is 6.09 Å². The van der Waals surface area contributed by atoms with Crippen molar-refractivity contribution in [2.24, 2.45) is 0 Å². The van der Waals surface area contributed by atoms with Crippen molar-refractivity contribution in [3.63, 3.8) is 0 Å². The molecule has 1 fully saturated rings. The van der Waals surface area contributed by atoms with Crippen molar-refractivity contribution in [3.05, 3.63) is 29.8 Å². The van der Waals surface area contributed by atoms with Gasteiger partial charge in [0, 0.05) is 32.7 Å². The highest BCUT2D eigenvalue weighted by Crippen LogP contribution is 2.13. The first-order valence-corrected chi connectivity index (χ1v) is 13.4. The van der Waals surface area contributed by atoms with Gasteiger partial charge < -0.3 is 23.8 Å². The summed E-state index contributed by atoms with van der Waals surface area (Å²) in [6, 6.07) is 6.49. The summed E-state index contributed by atoms with van der Waals surface area (Å²) in [6.45, 7) is 13.6. The zero-order valence-corrected chi connectivity index (χ0v) is 22.2. The first kappa shape index (κ1) is 29.5. The Morgan fingerprint density at radius 1 is 0.829 bits per heavy atom. The van der Waals surface area contributed by atoms with E-state index in [4.69, 9.17) is 23.1 Å². The molecule has 0 atom stereocenters. The largest absolute Gasteiger partial charge is 0.444 e. The zero-order chi connectivity index (χ0) is 25.7. The smallest absolute Gasteiger partial charge is 0.410 e. The van der Waals surface area contributed by atoms with Crippen molar-refractivity contribution in [2.45, 2.75) is 38.2 Å². The Kier molecular flexibility index (Phi) is 12.4. The SMILES string of the molecule is Cc1ccc(S(=O)(=O)OCCOCCOCCOCCN2CCN(C(=O)OC(C)(C)C)CC2)cc1. The van der Waals surface area contributed by atoms with Crippen molar-refractivity contribution >= 4 is 16.2 Å². The van der Waals surface area contributed by atoms with Crippen molar-refractivity contribution < 1.29 is 36.3 Å². The van der Waals surface area contributed by atoms with Crippen LogP contribution in [-0.4, -0.2) is 109 Å². The van der Waals surface area contributed by atoms with Crippen LogP contribution in [0.25, 0.3) is 0 Å². The molecule has 1 aliphatic heterocycles. The lowest BCUT2D eigenvalue weighted by molar-refractivity contribution is -0.000384. The molecule has 1 aromatic carbocycles. The molecular weight excluding hydrogens is 476 g/mol. The summed E-state index contributed by atoms with van der Waals surface area (Å²) < 4.78 is 50.9. The standard InChI is InChI=1S/C24H40N2O8S/c1-21-5-7-22(8-6-21)35(28,29)33-20-19-32-18-17-31-16-15-30-14-13-25-9-11-26(12-10-25)23(27)34-24(2,3)4/h5-8H,9-20H2,1-4H3. The second-order valence-corrected chi connectivity index (χ2v) is 10.9. The zero-order valence-electron chi connectivity index (χ0n) is 21.4. The Labute approximate surface area is 209 Å². The van der Waals surface area contributed by atoms with Crippen LogP contribution in [0.5, 0.6) is 0 Å². The molecule has 1 aliphatic rings. The van der Waals surface area contributed by atoms with E-state index in [0.29, 0.717) is 46.1 Å². The summed E-state index contributed by atoms with van der Waals surface area (Å²) in [5.74, 6) is 0. The van der Waals surface area contributed by atoms with Crippen LogP contribution in [0.1, 0.15) is 26.3 Å². The predicted molar refractivity (Wildman–Crippen MR) is 131 cm³/mol. The van der Waals surface area contributed by atoms with Gasteiger partial charge in [0.2, 0.25) is 0 Å². The highest BCUT2D eigenvalue weighted by Gasteiger charge is 2.25. The number of amides is 1. The second kappa shape index (κ2) is 14.7. The van der Waals surface area contributed by atoms with Crippen molar-refractivity contribution in [2.75, 3.05) is 79.0 Å². The molecule has 1 amide bonds. The summed E-state index contributed by atoms with van der Waals surface area (Å²) >= 11 is 0. The minimum absolute atomic E-state index is 0.0502. The van der Waals surface area contributed by atoms with Crippen LogP contribution in [0.4, 0.5) is 4.79 Å². The Balaban J connectivity index is 1.40. The third-order valence-electron chi connectivity index (χ3n) is 5.10. The molecule has 200 valence electrons. The van der Waals surface area contributed by atoms with E-state index in [2.05, 4.69) is 4.90 Å². The predicted octanol–water partition coefficient (Wildman–Crippen LogP) is 2.30. The number of piperazine rings is 1. The molecule has 0 aromatic heterocycles. The minimum Gasteiger partial charge on any atom is -0.444 e. The molecule has 0 saturated carbocycles. The van der Waals surface area contributed by atoms with E-state index in [-0.39, 0.29) is 24.2 Å². The lowest BCUT2D eigenvalue weighted by Gasteiger charge is -2.35. The third-order valence-corrected chi connectivity index (χ3v) is 6.42. The van der Waals surface area contributed by atoms with Gasteiger partial charge in [-0.25, -0.2) is 4.79 Å². The molecule has 10 nitrogen and oxygen atoms in total. The molecule has 11 heteroatoms. The molecule has 0 unspecified atom stereocenters. The van der Waals surface area contributed by atoms with Crippen LogP contribution in [0.3, 0.4) is 0 Å². The molecule has 1 heterocycles.